The van der Waals surface area contributed by atoms with Crippen LogP contribution in [0.1, 0.15) is 13.3 Å². The van der Waals surface area contributed by atoms with E-state index >= 15 is 0 Å². The molecule has 3 N–H and O–H groups in total. The van der Waals surface area contributed by atoms with E-state index in [-0.39, 0.29) is 13.2 Å². The first kappa shape index (κ1) is 11.6. The van der Waals surface area contributed by atoms with Crippen molar-refractivity contribution in [2.45, 2.75) is 18.9 Å². The van der Waals surface area contributed by atoms with Gasteiger partial charge in [0.25, 0.3) is 0 Å². The smallest absolute Gasteiger partial charge is 0.409 e. The molecular formula is C6H14NO4P. The zero-order valence-corrected chi connectivity index (χ0v) is 8.06. The summed E-state index contributed by atoms with van der Waals surface area (Å²) in [6, 6.07) is 0. The lowest BCUT2D eigenvalue weighted by Gasteiger charge is -2.28. The summed E-state index contributed by atoms with van der Waals surface area (Å²) in [6.45, 7) is 1.11. The molecular weight excluding hydrogens is 181 g/mol. The minimum absolute atomic E-state index is 0.320. The van der Waals surface area contributed by atoms with Gasteiger partial charge < -0.3 is 20.1 Å². The molecule has 0 aliphatic rings. The maximum Gasteiger partial charge on any atom is 0.409 e. The first-order valence-electron chi connectivity index (χ1n) is 3.54. The Morgan fingerprint density at radius 2 is 2.08 bits per heavy atom. The molecule has 0 aromatic carbocycles. The van der Waals surface area contributed by atoms with Crippen LogP contribution < -0.4 is 5.32 Å². The summed E-state index contributed by atoms with van der Waals surface area (Å²) >= 11 is 0. The van der Waals surface area contributed by atoms with Crippen LogP contribution in [0.4, 0.5) is 4.79 Å². The van der Waals surface area contributed by atoms with Gasteiger partial charge in [-0.05, 0) is 6.42 Å². The van der Waals surface area contributed by atoms with Crippen LogP contribution in [0.2, 0.25) is 0 Å². The van der Waals surface area contributed by atoms with E-state index in [1.165, 1.54) is 0 Å². The lowest BCUT2D eigenvalue weighted by atomic mass is 9.99. The SMILES string of the molecule is CCC(CO)(CO)NC(=O)OP. The molecule has 1 amide bonds. The van der Waals surface area contributed by atoms with E-state index < -0.39 is 11.6 Å². The summed E-state index contributed by atoms with van der Waals surface area (Å²) in [5.41, 5.74) is -0.979. The fourth-order valence-corrected chi connectivity index (χ4v) is 0.746. The fourth-order valence-electron chi connectivity index (χ4n) is 0.687. The van der Waals surface area contributed by atoms with Gasteiger partial charge in [-0.2, -0.15) is 0 Å². The number of aliphatic hydroxyl groups is 2. The molecule has 0 aromatic heterocycles. The van der Waals surface area contributed by atoms with E-state index in [1.54, 1.807) is 16.4 Å². The van der Waals surface area contributed by atoms with Gasteiger partial charge in [-0.1, -0.05) is 6.92 Å². The second-order valence-corrected chi connectivity index (χ2v) is 2.72. The van der Waals surface area contributed by atoms with Crippen LogP contribution in [0.3, 0.4) is 0 Å². The Labute approximate surface area is 73.4 Å². The Morgan fingerprint density at radius 3 is 2.33 bits per heavy atom. The van der Waals surface area contributed by atoms with E-state index in [0.717, 1.165) is 0 Å². The molecule has 0 saturated heterocycles. The summed E-state index contributed by atoms with van der Waals surface area (Å²) in [5, 5.41) is 20.1. The van der Waals surface area contributed by atoms with Gasteiger partial charge in [-0.25, -0.2) is 4.79 Å². The van der Waals surface area contributed by atoms with Crippen LogP contribution in [0.25, 0.3) is 0 Å². The van der Waals surface area contributed by atoms with Crippen LogP contribution in [-0.4, -0.2) is 35.1 Å². The van der Waals surface area contributed by atoms with Crippen LogP contribution in [0, 0.1) is 0 Å². The Morgan fingerprint density at radius 1 is 1.58 bits per heavy atom. The molecule has 0 aromatic rings. The lowest BCUT2D eigenvalue weighted by molar-refractivity contribution is 0.0867. The third-order valence-electron chi connectivity index (χ3n) is 1.76. The monoisotopic (exact) mass is 195 g/mol. The van der Waals surface area contributed by atoms with E-state index in [0.29, 0.717) is 6.42 Å². The van der Waals surface area contributed by atoms with Crippen LogP contribution in [-0.2, 0) is 4.52 Å². The second kappa shape index (κ2) is 5.30. The molecule has 0 fully saturated rings. The van der Waals surface area contributed by atoms with Crippen molar-refractivity contribution in [2.24, 2.45) is 0 Å². The zero-order chi connectivity index (χ0) is 9.61. The van der Waals surface area contributed by atoms with E-state index in [1.807, 2.05) is 0 Å². The number of hydrogen-bond acceptors (Lipinski definition) is 4. The number of rotatable bonds is 4. The molecule has 0 rings (SSSR count). The van der Waals surface area contributed by atoms with Gasteiger partial charge in [0.15, 0.2) is 0 Å². The Hall–Kier alpha value is -0.380. The van der Waals surface area contributed by atoms with Gasteiger partial charge in [0.2, 0.25) is 0 Å². The quantitative estimate of drug-likeness (QED) is 0.535. The Bertz CT molecular complexity index is 140. The first-order valence-corrected chi connectivity index (χ1v) is 4.02. The number of carbonyl (C=O) groups is 1. The third-order valence-corrected chi connectivity index (χ3v) is 1.97. The maximum absolute atomic E-state index is 10.7. The number of nitrogens with one attached hydrogen (secondary N) is 1. The van der Waals surface area contributed by atoms with Crippen molar-refractivity contribution in [3.63, 3.8) is 0 Å². The highest BCUT2D eigenvalue weighted by Gasteiger charge is 2.28. The number of amides is 1. The highest BCUT2D eigenvalue weighted by atomic mass is 31.0. The fraction of sp³-hybridized carbons (Fsp3) is 0.833. The van der Waals surface area contributed by atoms with Crippen molar-refractivity contribution in [3.05, 3.63) is 0 Å². The van der Waals surface area contributed by atoms with Crippen molar-refractivity contribution in [1.29, 1.82) is 0 Å². The average Bonchev–Trinajstić information content (AvgIpc) is 2.14. The summed E-state index contributed by atoms with van der Waals surface area (Å²) < 4.78 is 4.26. The number of hydrogen-bond donors (Lipinski definition) is 3. The number of carbonyl (C=O) groups excluding carboxylic acids is 1. The minimum atomic E-state index is -0.979. The molecule has 1 atom stereocenters. The molecule has 1 unspecified atom stereocenters. The summed E-state index contributed by atoms with van der Waals surface area (Å²) in [6.07, 6.45) is -0.260. The molecule has 0 spiro atoms. The van der Waals surface area contributed by atoms with Crippen molar-refractivity contribution in [1.82, 2.24) is 5.32 Å². The Balaban J connectivity index is 4.19. The normalized spacial score (nSPS) is 11.0. The van der Waals surface area contributed by atoms with Gasteiger partial charge in [0.1, 0.15) is 0 Å². The minimum Gasteiger partial charge on any atom is -0.435 e. The van der Waals surface area contributed by atoms with Crippen molar-refractivity contribution >= 4 is 15.6 Å². The topological polar surface area (TPSA) is 78.8 Å². The van der Waals surface area contributed by atoms with E-state index in [9.17, 15) is 4.79 Å². The molecule has 0 heterocycles. The molecule has 5 nitrogen and oxygen atoms in total. The van der Waals surface area contributed by atoms with Gasteiger partial charge in [0.05, 0.1) is 28.2 Å². The zero-order valence-electron chi connectivity index (χ0n) is 6.91. The predicted octanol–water partition coefficient (Wildman–Crippen LogP) is -0.364. The van der Waals surface area contributed by atoms with Crippen LogP contribution in [0.15, 0.2) is 0 Å². The van der Waals surface area contributed by atoms with Crippen molar-refractivity contribution in [3.8, 4) is 0 Å². The van der Waals surface area contributed by atoms with Crippen LogP contribution in [0.5, 0.6) is 0 Å². The number of aliphatic hydroxyl groups excluding tert-OH is 2. The van der Waals surface area contributed by atoms with Crippen LogP contribution >= 0.6 is 9.47 Å². The lowest BCUT2D eigenvalue weighted by Crippen LogP contribution is -2.53. The first-order chi connectivity index (χ1) is 5.64. The second-order valence-electron chi connectivity index (χ2n) is 2.48. The van der Waals surface area contributed by atoms with Crippen molar-refractivity contribution in [2.75, 3.05) is 13.2 Å². The summed E-state index contributed by atoms with van der Waals surface area (Å²) in [4.78, 5) is 10.7. The summed E-state index contributed by atoms with van der Waals surface area (Å²) in [7, 11) is 1.78. The molecule has 0 aliphatic carbocycles. The summed E-state index contributed by atoms with van der Waals surface area (Å²) in [5.74, 6) is 0. The standard InChI is InChI=1S/C6H14NO4P/c1-2-6(3-8,4-9)7-5(10)11-12/h8-9H,2-4,12H2,1H3,(H,7,10). The van der Waals surface area contributed by atoms with Gasteiger partial charge in [-0.3, -0.25) is 0 Å². The molecule has 0 aliphatic heterocycles. The van der Waals surface area contributed by atoms with Gasteiger partial charge in [-0.15, -0.1) is 0 Å². The molecule has 72 valence electrons. The molecule has 0 saturated carbocycles. The molecule has 0 radical (unpaired) electrons. The average molecular weight is 195 g/mol. The van der Waals surface area contributed by atoms with Gasteiger partial charge >= 0.3 is 6.09 Å². The third kappa shape index (κ3) is 2.93. The van der Waals surface area contributed by atoms with E-state index in [2.05, 4.69) is 9.84 Å². The molecule has 12 heavy (non-hydrogen) atoms. The molecule has 6 heteroatoms. The molecule has 0 bridgehead atoms. The maximum atomic E-state index is 10.7. The van der Waals surface area contributed by atoms with E-state index in [4.69, 9.17) is 10.2 Å². The van der Waals surface area contributed by atoms with Gasteiger partial charge in [0, 0.05) is 0 Å². The highest BCUT2D eigenvalue weighted by molar-refractivity contribution is 7.10. The largest absolute Gasteiger partial charge is 0.435 e. The predicted molar refractivity (Wildman–Crippen MR) is 46.5 cm³/mol. The Kier molecular flexibility index (Phi) is 5.13. The van der Waals surface area contributed by atoms with Crippen molar-refractivity contribution < 1.29 is 19.5 Å². The highest BCUT2D eigenvalue weighted by Crippen LogP contribution is 2.08.